The SMILES string of the molecule is C[C@@H](NC(=O)/C(C#N)=C/c1ccc(COc2c(Cl)cc(Cl)cc2Cl)o1)c1ccccc1. The van der Waals surface area contributed by atoms with Gasteiger partial charge in [-0.2, -0.15) is 5.26 Å². The van der Waals surface area contributed by atoms with E-state index >= 15 is 0 Å². The summed E-state index contributed by atoms with van der Waals surface area (Å²) >= 11 is 18.1. The third-order valence-corrected chi connectivity index (χ3v) is 5.08. The van der Waals surface area contributed by atoms with Crippen LogP contribution in [0, 0.1) is 11.3 Å². The van der Waals surface area contributed by atoms with Gasteiger partial charge in [-0.05, 0) is 36.8 Å². The van der Waals surface area contributed by atoms with E-state index in [1.807, 2.05) is 43.3 Å². The van der Waals surface area contributed by atoms with Gasteiger partial charge in [0.2, 0.25) is 0 Å². The highest BCUT2D eigenvalue weighted by atomic mass is 35.5. The first-order valence-corrected chi connectivity index (χ1v) is 10.3. The van der Waals surface area contributed by atoms with Crippen LogP contribution in [0.3, 0.4) is 0 Å². The monoisotopic (exact) mass is 474 g/mol. The number of carbonyl (C=O) groups is 1. The van der Waals surface area contributed by atoms with Gasteiger partial charge in [-0.3, -0.25) is 4.79 Å². The Labute approximate surface area is 194 Å². The molecule has 1 aromatic heterocycles. The van der Waals surface area contributed by atoms with Gasteiger partial charge in [0.1, 0.15) is 29.8 Å². The predicted molar refractivity (Wildman–Crippen MR) is 121 cm³/mol. The molecule has 0 aliphatic carbocycles. The van der Waals surface area contributed by atoms with Crippen molar-refractivity contribution in [2.45, 2.75) is 19.6 Å². The molecule has 3 aromatic rings. The highest BCUT2D eigenvalue weighted by Crippen LogP contribution is 2.36. The molecule has 0 saturated heterocycles. The Morgan fingerprint density at radius 2 is 1.84 bits per heavy atom. The maximum Gasteiger partial charge on any atom is 0.262 e. The first-order valence-electron chi connectivity index (χ1n) is 9.21. The predicted octanol–water partition coefficient (Wildman–Crippen LogP) is 6.60. The van der Waals surface area contributed by atoms with Gasteiger partial charge in [-0.15, -0.1) is 0 Å². The van der Waals surface area contributed by atoms with Crippen LogP contribution in [0.15, 0.2) is 64.6 Å². The van der Waals surface area contributed by atoms with Crippen LogP contribution in [0.1, 0.15) is 30.0 Å². The first-order chi connectivity index (χ1) is 14.9. The van der Waals surface area contributed by atoms with Gasteiger partial charge in [-0.1, -0.05) is 65.1 Å². The fraction of sp³-hybridized carbons (Fsp3) is 0.130. The van der Waals surface area contributed by atoms with E-state index in [1.165, 1.54) is 18.2 Å². The number of hydrogen-bond acceptors (Lipinski definition) is 4. The van der Waals surface area contributed by atoms with Gasteiger partial charge < -0.3 is 14.5 Å². The minimum absolute atomic E-state index is 0.0496. The van der Waals surface area contributed by atoms with E-state index in [2.05, 4.69) is 5.32 Å². The van der Waals surface area contributed by atoms with Crippen LogP contribution < -0.4 is 10.1 Å². The Morgan fingerprint density at radius 3 is 2.48 bits per heavy atom. The van der Waals surface area contributed by atoms with E-state index in [0.29, 0.717) is 16.5 Å². The number of halogens is 3. The van der Waals surface area contributed by atoms with Crippen molar-refractivity contribution in [3.05, 3.63) is 92.3 Å². The average molecular weight is 476 g/mol. The Balaban J connectivity index is 1.66. The molecule has 31 heavy (non-hydrogen) atoms. The van der Waals surface area contributed by atoms with Gasteiger partial charge in [0.05, 0.1) is 16.1 Å². The maximum absolute atomic E-state index is 12.5. The lowest BCUT2D eigenvalue weighted by Gasteiger charge is -2.13. The van der Waals surface area contributed by atoms with Crippen molar-refractivity contribution in [1.29, 1.82) is 5.26 Å². The van der Waals surface area contributed by atoms with E-state index < -0.39 is 5.91 Å². The van der Waals surface area contributed by atoms with Crippen molar-refractivity contribution in [2.75, 3.05) is 0 Å². The van der Waals surface area contributed by atoms with Crippen LogP contribution >= 0.6 is 34.8 Å². The second-order valence-corrected chi connectivity index (χ2v) is 7.82. The van der Waals surface area contributed by atoms with Gasteiger partial charge in [-0.25, -0.2) is 0 Å². The fourth-order valence-electron chi connectivity index (χ4n) is 2.75. The lowest BCUT2D eigenvalue weighted by molar-refractivity contribution is -0.117. The standard InChI is InChI=1S/C23H17Cl3N2O3/c1-14(15-5-3-2-4-6-15)28-23(29)16(12-27)9-18-7-8-19(31-18)13-30-22-20(25)10-17(24)11-21(22)26/h2-11,14H,13H2,1H3,(H,28,29)/b16-9+/t14-/m1/s1. The number of rotatable bonds is 7. The number of benzene rings is 2. The molecule has 0 aliphatic heterocycles. The summed E-state index contributed by atoms with van der Waals surface area (Å²) in [5, 5.41) is 13.2. The highest BCUT2D eigenvalue weighted by Gasteiger charge is 2.15. The molecule has 0 radical (unpaired) electrons. The van der Waals surface area contributed by atoms with Crippen LogP contribution in [0.4, 0.5) is 0 Å². The number of carbonyl (C=O) groups excluding carboxylic acids is 1. The molecule has 0 fully saturated rings. The molecule has 1 N–H and O–H groups in total. The molecule has 0 spiro atoms. The molecule has 0 bridgehead atoms. The number of nitriles is 1. The maximum atomic E-state index is 12.5. The molecule has 158 valence electrons. The molecule has 3 rings (SSSR count). The molecule has 0 unspecified atom stereocenters. The molecule has 0 aliphatic rings. The van der Waals surface area contributed by atoms with Gasteiger partial charge in [0, 0.05) is 11.1 Å². The first kappa shape index (κ1) is 22.8. The third kappa shape index (κ3) is 6.05. The average Bonchev–Trinajstić information content (AvgIpc) is 3.19. The Morgan fingerprint density at radius 1 is 1.16 bits per heavy atom. The number of nitrogens with one attached hydrogen (secondary N) is 1. The highest BCUT2D eigenvalue weighted by molar-refractivity contribution is 6.40. The number of hydrogen-bond donors (Lipinski definition) is 1. The zero-order chi connectivity index (χ0) is 22.4. The van der Waals surface area contributed by atoms with Crippen LogP contribution in [0.25, 0.3) is 6.08 Å². The molecule has 0 saturated carbocycles. The van der Waals surface area contributed by atoms with Crippen molar-refractivity contribution in [3.63, 3.8) is 0 Å². The molecular weight excluding hydrogens is 459 g/mol. The van der Waals surface area contributed by atoms with Gasteiger partial charge in [0.25, 0.3) is 5.91 Å². The summed E-state index contributed by atoms with van der Waals surface area (Å²) in [6.07, 6.45) is 1.37. The number of ether oxygens (including phenoxy) is 1. The summed E-state index contributed by atoms with van der Waals surface area (Å²) < 4.78 is 11.3. The smallest absolute Gasteiger partial charge is 0.262 e. The van der Waals surface area contributed by atoms with E-state index in [0.717, 1.165) is 5.56 Å². The molecular formula is C23H17Cl3N2O3. The fourth-order valence-corrected chi connectivity index (χ4v) is 3.68. The van der Waals surface area contributed by atoms with Crippen molar-refractivity contribution < 1.29 is 13.9 Å². The van der Waals surface area contributed by atoms with E-state index in [9.17, 15) is 10.1 Å². The van der Waals surface area contributed by atoms with Crippen LogP contribution in [-0.4, -0.2) is 5.91 Å². The number of furan rings is 1. The van der Waals surface area contributed by atoms with Crippen molar-refractivity contribution in [2.24, 2.45) is 0 Å². The topological polar surface area (TPSA) is 75.3 Å². The van der Waals surface area contributed by atoms with Crippen molar-refractivity contribution in [3.8, 4) is 11.8 Å². The Hall–Kier alpha value is -2.91. The second kappa shape index (κ2) is 10.4. The van der Waals surface area contributed by atoms with Crippen LogP contribution in [0.2, 0.25) is 15.1 Å². The minimum Gasteiger partial charge on any atom is -0.483 e. The molecule has 5 nitrogen and oxygen atoms in total. The number of amides is 1. The molecule has 1 heterocycles. The van der Waals surface area contributed by atoms with Gasteiger partial charge in [0.15, 0.2) is 5.75 Å². The summed E-state index contributed by atoms with van der Waals surface area (Å²) in [5.74, 6) is 0.593. The number of nitrogens with zero attached hydrogens (tertiary/aromatic N) is 1. The molecule has 1 amide bonds. The van der Waals surface area contributed by atoms with Crippen molar-refractivity contribution >= 4 is 46.8 Å². The summed E-state index contributed by atoms with van der Waals surface area (Å²) in [6.45, 7) is 1.89. The Bertz CT molecular complexity index is 1130. The van der Waals surface area contributed by atoms with Crippen molar-refractivity contribution in [1.82, 2.24) is 5.32 Å². The normalized spacial score (nSPS) is 12.2. The Kier molecular flexibility index (Phi) is 7.64. The van der Waals surface area contributed by atoms with E-state index in [-0.39, 0.29) is 34.0 Å². The summed E-state index contributed by atoms with van der Waals surface area (Å²) in [4.78, 5) is 12.5. The summed E-state index contributed by atoms with van der Waals surface area (Å²) in [7, 11) is 0. The molecule has 8 heteroatoms. The zero-order valence-electron chi connectivity index (χ0n) is 16.4. The van der Waals surface area contributed by atoms with Crippen LogP contribution in [-0.2, 0) is 11.4 Å². The molecule has 2 aromatic carbocycles. The minimum atomic E-state index is -0.493. The summed E-state index contributed by atoms with van der Waals surface area (Å²) in [5.41, 5.74) is 0.860. The zero-order valence-corrected chi connectivity index (χ0v) is 18.6. The lowest BCUT2D eigenvalue weighted by atomic mass is 10.1. The lowest BCUT2D eigenvalue weighted by Crippen LogP contribution is -2.27. The quantitative estimate of drug-likeness (QED) is 0.308. The largest absolute Gasteiger partial charge is 0.483 e. The van der Waals surface area contributed by atoms with Crippen LogP contribution in [0.5, 0.6) is 5.75 Å². The summed E-state index contributed by atoms with van der Waals surface area (Å²) in [6, 6.07) is 17.5. The second-order valence-electron chi connectivity index (χ2n) is 6.57. The van der Waals surface area contributed by atoms with E-state index in [1.54, 1.807) is 12.1 Å². The third-order valence-electron chi connectivity index (χ3n) is 4.30. The van der Waals surface area contributed by atoms with E-state index in [4.69, 9.17) is 44.0 Å². The molecule has 1 atom stereocenters. The van der Waals surface area contributed by atoms with Gasteiger partial charge >= 0.3 is 0 Å².